The number of carbonyl (C=O) groups excluding carboxylic acids is 1. The molecule has 0 bridgehead atoms. The molecule has 1 aliphatic heterocycles. The number of nitrogens with zero attached hydrogens (tertiary/aromatic N) is 3. The van der Waals surface area contributed by atoms with Crippen molar-refractivity contribution in [3.63, 3.8) is 0 Å². The molecule has 4 N–H and O–H groups in total. The quantitative estimate of drug-likeness (QED) is 0.653. The third-order valence-electron chi connectivity index (χ3n) is 4.13. The Morgan fingerprint density at radius 2 is 2.12 bits per heavy atom. The number of halogens is 2. The van der Waals surface area contributed by atoms with Crippen molar-refractivity contribution in [1.29, 1.82) is 0 Å². The van der Waals surface area contributed by atoms with Crippen LogP contribution in [0.15, 0.2) is 33.5 Å². The molecule has 1 aromatic carbocycles. The number of aliphatic hydroxyl groups is 1. The van der Waals surface area contributed by atoms with Gasteiger partial charge in [-0.25, -0.2) is 4.68 Å². The lowest BCUT2D eigenvalue weighted by Gasteiger charge is -2.45. The number of anilines is 2. The second kappa shape index (κ2) is 6.99. The summed E-state index contributed by atoms with van der Waals surface area (Å²) in [4.78, 5) is 26.2. The molecule has 1 aromatic heterocycles. The molecule has 1 aliphatic rings. The Hall–Kier alpha value is -1.94. The van der Waals surface area contributed by atoms with Crippen molar-refractivity contribution >= 4 is 44.8 Å². The van der Waals surface area contributed by atoms with Crippen LogP contribution in [0, 0.1) is 0 Å². The second-order valence-electron chi connectivity index (χ2n) is 6.21. The Bertz CT molecular complexity index is 927. The maximum atomic E-state index is 12.8. The third-order valence-corrected chi connectivity index (χ3v) is 4.94. The highest BCUT2D eigenvalue weighted by Crippen LogP contribution is 2.30. The normalized spacial score (nSPS) is 15.5. The summed E-state index contributed by atoms with van der Waals surface area (Å²) < 4.78 is 1.88. The van der Waals surface area contributed by atoms with Gasteiger partial charge in [-0.2, -0.15) is 5.10 Å². The average Bonchev–Trinajstić information content (AvgIpc) is 2.56. The van der Waals surface area contributed by atoms with Gasteiger partial charge in [0.25, 0.3) is 11.5 Å². The summed E-state index contributed by atoms with van der Waals surface area (Å²) >= 11 is 9.52. The largest absolute Gasteiger partial charge is 0.385 e. The molecule has 10 heteroatoms. The minimum Gasteiger partial charge on any atom is -0.385 e. The maximum Gasteiger partial charge on any atom is 0.276 e. The lowest BCUT2D eigenvalue weighted by Crippen LogP contribution is -2.66. The number of aryl methyl sites for hydroxylation is 1. The Labute approximate surface area is 162 Å². The van der Waals surface area contributed by atoms with Crippen molar-refractivity contribution in [2.24, 2.45) is 12.8 Å². The number of nitrogens with two attached hydrogens (primary N) is 1. The zero-order chi connectivity index (χ0) is 19.1. The maximum absolute atomic E-state index is 12.8. The first kappa shape index (κ1) is 18.8. The molecule has 0 saturated carbocycles. The first-order valence-electron chi connectivity index (χ1n) is 7.74. The van der Waals surface area contributed by atoms with E-state index in [1.165, 1.54) is 18.0 Å². The number of benzene rings is 1. The first-order chi connectivity index (χ1) is 12.2. The number of carbonyl (C=O) groups is 1. The fourth-order valence-electron chi connectivity index (χ4n) is 2.61. The van der Waals surface area contributed by atoms with Crippen molar-refractivity contribution in [2.75, 3.05) is 25.0 Å². The molecule has 3 rings (SSSR count). The summed E-state index contributed by atoms with van der Waals surface area (Å²) in [6.45, 7) is 0.299. The van der Waals surface area contributed by atoms with E-state index in [1.54, 1.807) is 18.2 Å². The van der Waals surface area contributed by atoms with Gasteiger partial charge in [-0.1, -0.05) is 27.5 Å². The molecular weight excluding hydrogens is 426 g/mol. The molecule has 26 heavy (non-hydrogen) atoms. The van der Waals surface area contributed by atoms with Gasteiger partial charge in [-0.05, 0) is 18.2 Å². The minimum absolute atomic E-state index is 0.0603. The predicted molar refractivity (Wildman–Crippen MR) is 102 cm³/mol. The van der Waals surface area contributed by atoms with Gasteiger partial charge in [0.1, 0.15) is 5.60 Å². The number of hydrogen-bond donors (Lipinski definition) is 3. The van der Waals surface area contributed by atoms with Gasteiger partial charge >= 0.3 is 0 Å². The molecule has 8 nitrogen and oxygen atoms in total. The van der Waals surface area contributed by atoms with Crippen molar-refractivity contribution in [3.8, 4) is 0 Å². The minimum atomic E-state index is -1.07. The van der Waals surface area contributed by atoms with Crippen LogP contribution in [-0.4, -0.2) is 50.9 Å². The molecule has 2 aromatic rings. The van der Waals surface area contributed by atoms with E-state index in [-0.39, 0.29) is 36.6 Å². The number of aromatic nitrogens is 2. The lowest BCUT2D eigenvalue weighted by molar-refractivity contribution is -0.0736. The molecular formula is C16H17BrClN5O3. The van der Waals surface area contributed by atoms with Crippen LogP contribution in [-0.2, 0) is 7.05 Å². The van der Waals surface area contributed by atoms with Gasteiger partial charge in [0.15, 0.2) is 5.69 Å². The van der Waals surface area contributed by atoms with E-state index in [1.807, 2.05) is 0 Å². The zero-order valence-electron chi connectivity index (χ0n) is 13.9. The number of nitrogens with one attached hydrogen (secondary N) is 1. The van der Waals surface area contributed by atoms with Crippen LogP contribution in [0.2, 0.25) is 5.02 Å². The van der Waals surface area contributed by atoms with E-state index in [0.29, 0.717) is 10.7 Å². The Morgan fingerprint density at radius 1 is 1.42 bits per heavy atom. The van der Waals surface area contributed by atoms with Crippen molar-refractivity contribution in [3.05, 3.63) is 49.8 Å². The third kappa shape index (κ3) is 3.61. The molecule has 0 spiro atoms. The first-order valence-corrected chi connectivity index (χ1v) is 8.92. The van der Waals surface area contributed by atoms with Gasteiger partial charge in [0, 0.05) is 24.1 Å². The fraction of sp³-hybridized carbons (Fsp3) is 0.312. The number of likely N-dealkylation sites (tertiary alicyclic amines) is 1. The fourth-order valence-corrected chi connectivity index (χ4v) is 3.33. The molecule has 2 heterocycles. The molecule has 0 aliphatic carbocycles. The summed E-state index contributed by atoms with van der Waals surface area (Å²) in [6, 6.07) is 6.47. The molecule has 0 radical (unpaired) electrons. The Kier molecular flexibility index (Phi) is 5.07. The summed E-state index contributed by atoms with van der Waals surface area (Å²) in [5, 5.41) is 17.5. The second-order valence-corrected chi connectivity index (χ2v) is 7.53. The number of amides is 1. The van der Waals surface area contributed by atoms with Crippen LogP contribution >= 0.6 is 27.5 Å². The summed E-state index contributed by atoms with van der Waals surface area (Å²) in [7, 11) is 1.46. The average molecular weight is 443 g/mol. The Balaban J connectivity index is 1.94. The van der Waals surface area contributed by atoms with Crippen LogP contribution in [0.25, 0.3) is 0 Å². The number of rotatable bonds is 4. The highest BCUT2D eigenvalue weighted by atomic mass is 79.9. The van der Waals surface area contributed by atoms with E-state index in [4.69, 9.17) is 17.3 Å². The highest BCUT2D eigenvalue weighted by Gasteiger charge is 2.43. The van der Waals surface area contributed by atoms with Crippen LogP contribution in [0.4, 0.5) is 11.4 Å². The topological polar surface area (TPSA) is 113 Å². The van der Waals surface area contributed by atoms with E-state index < -0.39 is 11.5 Å². The van der Waals surface area contributed by atoms with Gasteiger partial charge in [-0.15, -0.1) is 0 Å². The highest BCUT2D eigenvalue weighted by molar-refractivity contribution is 9.10. The van der Waals surface area contributed by atoms with Gasteiger partial charge in [0.05, 0.1) is 29.5 Å². The molecule has 1 saturated heterocycles. The lowest BCUT2D eigenvalue weighted by atomic mass is 9.94. The van der Waals surface area contributed by atoms with Crippen LogP contribution < -0.4 is 16.6 Å². The van der Waals surface area contributed by atoms with E-state index in [0.717, 1.165) is 9.15 Å². The number of hydrogen-bond acceptors (Lipinski definition) is 6. The zero-order valence-corrected chi connectivity index (χ0v) is 16.2. The molecule has 138 valence electrons. The molecule has 0 atom stereocenters. The molecule has 0 unspecified atom stereocenters. The van der Waals surface area contributed by atoms with Crippen molar-refractivity contribution in [2.45, 2.75) is 5.60 Å². The van der Waals surface area contributed by atoms with Crippen molar-refractivity contribution in [1.82, 2.24) is 14.7 Å². The standard InChI is InChI=1S/C16H17BrClN5O3/c1-22-13(24)5-12(20-11-3-2-9(17)4-10(11)18)14(21-22)15(25)23-7-16(26,6-19)8-23/h2-5,20,26H,6-8,19H2,1H3. The smallest absolute Gasteiger partial charge is 0.276 e. The summed E-state index contributed by atoms with van der Waals surface area (Å²) in [6.07, 6.45) is 0. The van der Waals surface area contributed by atoms with E-state index in [9.17, 15) is 14.7 Å². The van der Waals surface area contributed by atoms with Crippen LogP contribution in [0.1, 0.15) is 10.5 Å². The van der Waals surface area contributed by atoms with Crippen LogP contribution in [0.5, 0.6) is 0 Å². The summed E-state index contributed by atoms with van der Waals surface area (Å²) in [5.41, 5.74) is 4.88. The predicted octanol–water partition coefficient (Wildman–Crippen LogP) is 1.09. The van der Waals surface area contributed by atoms with E-state index >= 15 is 0 Å². The Morgan fingerprint density at radius 3 is 2.73 bits per heavy atom. The monoisotopic (exact) mass is 441 g/mol. The molecule has 1 fully saturated rings. The van der Waals surface area contributed by atoms with Gasteiger partial charge in [0.2, 0.25) is 0 Å². The molecule has 1 amide bonds. The summed E-state index contributed by atoms with van der Waals surface area (Å²) in [5.74, 6) is -0.408. The van der Waals surface area contributed by atoms with E-state index in [2.05, 4.69) is 26.3 Å². The number of β-amino-alcohol motifs (C(OH)–C–C–N with tert-alkyl or cyclic N) is 1. The van der Waals surface area contributed by atoms with Gasteiger partial charge < -0.3 is 21.1 Å². The van der Waals surface area contributed by atoms with Crippen LogP contribution in [0.3, 0.4) is 0 Å². The van der Waals surface area contributed by atoms with Gasteiger partial charge in [-0.3, -0.25) is 9.59 Å². The SMILES string of the molecule is Cn1nc(C(=O)N2CC(O)(CN)C2)c(Nc2ccc(Br)cc2Cl)cc1=O. The van der Waals surface area contributed by atoms with Crippen molar-refractivity contribution < 1.29 is 9.90 Å².